The Morgan fingerprint density at radius 3 is 2.29 bits per heavy atom. The minimum atomic E-state index is -0.153. The van der Waals surface area contributed by atoms with Crippen LogP contribution >= 0.6 is 0 Å². The van der Waals surface area contributed by atoms with Crippen molar-refractivity contribution in [2.75, 3.05) is 19.7 Å². The molecular formula is C16H33N3O2. The van der Waals surface area contributed by atoms with E-state index in [1.54, 1.807) is 0 Å². The van der Waals surface area contributed by atoms with E-state index in [1.165, 1.54) is 0 Å². The van der Waals surface area contributed by atoms with Crippen molar-refractivity contribution in [1.29, 1.82) is 0 Å². The Morgan fingerprint density at radius 1 is 1.29 bits per heavy atom. The highest BCUT2D eigenvalue weighted by molar-refractivity contribution is 5.74. The van der Waals surface area contributed by atoms with Crippen LogP contribution in [0.3, 0.4) is 0 Å². The quantitative estimate of drug-likeness (QED) is 0.727. The molecule has 5 heteroatoms. The van der Waals surface area contributed by atoms with Crippen LogP contribution < -0.4 is 10.6 Å². The van der Waals surface area contributed by atoms with Crippen LogP contribution in [-0.2, 0) is 0 Å². The largest absolute Gasteiger partial charge is 0.394 e. The number of nitrogens with one attached hydrogen (secondary N) is 2. The van der Waals surface area contributed by atoms with Crippen LogP contribution in [0.4, 0.5) is 4.79 Å². The maximum atomic E-state index is 12.0. The summed E-state index contributed by atoms with van der Waals surface area (Å²) in [6.45, 7) is 12.9. The molecule has 1 aliphatic heterocycles. The van der Waals surface area contributed by atoms with Crippen LogP contribution in [0.1, 0.15) is 53.9 Å². The standard InChI is InChI=1S/C16H33N3O2/c1-12(2)10-14(11-20)18-15(21)17-13-6-8-19(9-7-13)16(3,4)5/h12-14,20H,6-11H2,1-5H3,(H2,17,18,21). The summed E-state index contributed by atoms with van der Waals surface area (Å²) in [4.78, 5) is 14.5. The molecule has 0 aliphatic carbocycles. The number of piperidine rings is 1. The highest BCUT2D eigenvalue weighted by Gasteiger charge is 2.27. The number of nitrogens with zero attached hydrogens (tertiary/aromatic N) is 1. The second kappa shape index (κ2) is 7.99. The van der Waals surface area contributed by atoms with Crippen molar-refractivity contribution >= 4 is 6.03 Å². The summed E-state index contributed by atoms with van der Waals surface area (Å²) < 4.78 is 0. The highest BCUT2D eigenvalue weighted by atomic mass is 16.3. The predicted octanol–water partition coefficient (Wildman–Crippen LogP) is 1.96. The van der Waals surface area contributed by atoms with Gasteiger partial charge in [-0.25, -0.2) is 4.79 Å². The van der Waals surface area contributed by atoms with Crippen LogP contribution in [0.2, 0.25) is 0 Å². The summed E-state index contributed by atoms with van der Waals surface area (Å²) in [5.41, 5.74) is 0.201. The molecule has 0 aromatic rings. The van der Waals surface area contributed by atoms with Gasteiger partial charge >= 0.3 is 6.03 Å². The van der Waals surface area contributed by atoms with Crippen molar-refractivity contribution < 1.29 is 9.90 Å². The zero-order chi connectivity index (χ0) is 16.0. The lowest BCUT2D eigenvalue weighted by Crippen LogP contribution is -2.53. The summed E-state index contributed by atoms with van der Waals surface area (Å²) in [5, 5.41) is 15.2. The SMILES string of the molecule is CC(C)CC(CO)NC(=O)NC1CCN(C(C)(C)C)CC1. The third-order valence-corrected chi connectivity index (χ3v) is 4.09. The molecule has 0 radical (unpaired) electrons. The van der Waals surface area contributed by atoms with E-state index in [0.29, 0.717) is 5.92 Å². The number of hydrogen-bond acceptors (Lipinski definition) is 3. The summed E-state index contributed by atoms with van der Waals surface area (Å²) >= 11 is 0. The normalized spacial score (nSPS) is 19.6. The van der Waals surface area contributed by atoms with E-state index in [9.17, 15) is 9.90 Å². The maximum Gasteiger partial charge on any atom is 0.315 e. The third kappa shape index (κ3) is 6.66. The number of carbonyl (C=O) groups is 1. The molecule has 1 unspecified atom stereocenters. The molecule has 0 aromatic heterocycles. The van der Waals surface area contributed by atoms with Gasteiger partial charge in [0.15, 0.2) is 0 Å². The van der Waals surface area contributed by atoms with Crippen LogP contribution in [0.15, 0.2) is 0 Å². The van der Waals surface area contributed by atoms with Gasteiger partial charge < -0.3 is 15.7 Å². The molecule has 0 bridgehead atoms. The van der Waals surface area contributed by atoms with Crippen LogP contribution in [0.5, 0.6) is 0 Å². The van der Waals surface area contributed by atoms with E-state index in [-0.39, 0.29) is 30.3 Å². The number of likely N-dealkylation sites (tertiary alicyclic amines) is 1. The van der Waals surface area contributed by atoms with Crippen molar-refractivity contribution in [2.24, 2.45) is 5.92 Å². The molecule has 1 heterocycles. The van der Waals surface area contributed by atoms with Crippen molar-refractivity contribution in [3.63, 3.8) is 0 Å². The first kappa shape index (κ1) is 18.2. The number of amides is 2. The molecule has 1 fully saturated rings. The van der Waals surface area contributed by atoms with Gasteiger partial charge in [-0.3, -0.25) is 4.90 Å². The topological polar surface area (TPSA) is 64.6 Å². The number of urea groups is 1. The van der Waals surface area contributed by atoms with E-state index in [1.807, 2.05) is 0 Å². The first-order valence-electron chi connectivity index (χ1n) is 8.15. The lowest BCUT2D eigenvalue weighted by atomic mass is 9.98. The first-order valence-corrected chi connectivity index (χ1v) is 8.15. The highest BCUT2D eigenvalue weighted by Crippen LogP contribution is 2.20. The fraction of sp³-hybridized carbons (Fsp3) is 0.938. The van der Waals surface area contributed by atoms with Gasteiger partial charge in [0.05, 0.1) is 12.6 Å². The molecule has 1 rings (SSSR count). The van der Waals surface area contributed by atoms with Crippen molar-refractivity contribution in [2.45, 2.75) is 71.5 Å². The molecule has 5 nitrogen and oxygen atoms in total. The van der Waals surface area contributed by atoms with Gasteiger partial charge in [0.2, 0.25) is 0 Å². The van der Waals surface area contributed by atoms with Gasteiger partial charge in [0.1, 0.15) is 0 Å². The Labute approximate surface area is 129 Å². The average Bonchev–Trinajstić information content (AvgIpc) is 2.36. The molecule has 3 N–H and O–H groups in total. The summed E-state index contributed by atoms with van der Waals surface area (Å²) in [6.07, 6.45) is 2.77. The van der Waals surface area contributed by atoms with Crippen molar-refractivity contribution in [3.8, 4) is 0 Å². The van der Waals surface area contributed by atoms with Crippen molar-refractivity contribution in [1.82, 2.24) is 15.5 Å². The lowest BCUT2D eigenvalue weighted by Gasteiger charge is -2.41. The van der Waals surface area contributed by atoms with Crippen LogP contribution in [0.25, 0.3) is 0 Å². The lowest BCUT2D eigenvalue weighted by molar-refractivity contribution is 0.0974. The Balaban J connectivity index is 2.33. The molecule has 0 spiro atoms. The molecule has 124 valence electrons. The zero-order valence-corrected chi connectivity index (χ0v) is 14.3. The summed E-state index contributed by atoms with van der Waals surface area (Å²) in [5.74, 6) is 0.456. The van der Waals surface area contributed by atoms with E-state index in [2.05, 4.69) is 50.2 Å². The Hall–Kier alpha value is -0.810. The number of carbonyl (C=O) groups excluding carboxylic acids is 1. The summed E-state index contributed by atoms with van der Waals surface area (Å²) in [6, 6.07) is -0.0643. The molecule has 1 saturated heterocycles. The summed E-state index contributed by atoms with van der Waals surface area (Å²) in [7, 11) is 0. The van der Waals surface area contributed by atoms with Gasteiger partial charge in [0.25, 0.3) is 0 Å². The van der Waals surface area contributed by atoms with E-state index < -0.39 is 0 Å². The molecule has 0 saturated carbocycles. The van der Waals surface area contributed by atoms with Gasteiger partial charge in [-0.2, -0.15) is 0 Å². The predicted molar refractivity (Wildman–Crippen MR) is 86.3 cm³/mol. The molecule has 1 aliphatic rings. The fourth-order valence-corrected chi connectivity index (χ4v) is 2.86. The molecule has 21 heavy (non-hydrogen) atoms. The zero-order valence-electron chi connectivity index (χ0n) is 14.3. The maximum absolute atomic E-state index is 12.0. The second-order valence-electron chi connectivity index (χ2n) is 7.56. The monoisotopic (exact) mass is 299 g/mol. The minimum Gasteiger partial charge on any atom is -0.394 e. The number of aliphatic hydroxyl groups excluding tert-OH is 1. The van der Waals surface area contributed by atoms with Gasteiger partial charge in [-0.15, -0.1) is 0 Å². The van der Waals surface area contributed by atoms with Crippen LogP contribution in [0, 0.1) is 5.92 Å². The molecule has 0 aromatic carbocycles. The van der Waals surface area contributed by atoms with Crippen LogP contribution in [-0.4, -0.2) is 53.4 Å². The Kier molecular flexibility index (Phi) is 6.94. The second-order valence-corrected chi connectivity index (χ2v) is 7.56. The van der Waals surface area contributed by atoms with Gasteiger partial charge in [-0.1, -0.05) is 13.8 Å². The van der Waals surface area contributed by atoms with Crippen molar-refractivity contribution in [3.05, 3.63) is 0 Å². The Morgan fingerprint density at radius 2 is 1.86 bits per heavy atom. The van der Waals surface area contributed by atoms with Gasteiger partial charge in [-0.05, 0) is 46.0 Å². The Bertz CT molecular complexity index is 318. The number of hydrogen-bond donors (Lipinski definition) is 3. The van der Waals surface area contributed by atoms with E-state index in [4.69, 9.17) is 0 Å². The number of rotatable bonds is 5. The smallest absolute Gasteiger partial charge is 0.315 e. The molecule has 2 amide bonds. The van der Waals surface area contributed by atoms with E-state index in [0.717, 1.165) is 32.4 Å². The third-order valence-electron chi connectivity index (χ3n) is 4.09. The first-order chi connectivity index (χ1) is 9.72. The minimum absolute atomic E-state index is 0.00588. The number of aliphatic hydroxyl groups is 1. The van der Waals surface area contributed by atoms with E-state index >= 15 is 0 Å². The average molecular weight is 299 g/mol. The van der Waals surface area contributed by atoms with Gasteiger partial charge in [0, 0.05) is 24.7 Å². The fourth-order valence-electron chi connectivity index (χ4n) is 2.86. The molecular weight excluding hydrogens is 266 g/mol. The molecule has 1 atom stereocenters.